The summed E-state index contributed by atoms with van der Waals surface area (Å²) in [7, 11) is 0. The van der Waals surface area contributed by atoms with E-state index in [4.69, 9.17) is 4.52 Å². The van der Waals surface area contributed by atoms with E-state index < -0.39 is 0 Å². The van der Waals surface area contributed by atoms with Crippen molar-refractivity contribution in [2.24, 2.45) is 11.8 Å². The zero-order valence-electron chi connectivity index (χ0n) is 17.6. The van der Waals surface area contributed by atoms with Crippen molar-refractivity contribution < 1.29 is 13.7 Å². The summed E-state index contributed by atoms with van der Waals surface area (Å²) in [6, 6.07) is 6.13. The van der Waals surface area contributed by atoms with Gasteiger partial charge in [-0.2, -0.15) is 4.98 Å². The molecule has 0 radical (unpaired) electrons. The Kier molecular flexibility index (Phi) is 5.29. The second-order valence-electron chi connectivity index (χ2n) is 8.73. The minimum Gasteiger partial charge on any atom is -0.355 e. The molecule has 1 amide bonds. The Balaban J connectivity index is 1.44. The van der Waals surface area contributed by atoms with Crippen molar-refractivity contribution in [3.63, 3.8) is 0 Å². The highest BCUT2D eigenvalue weighted by Gasteiger charge is 2.33. The molecule has 3 aromatic rings. The van der Waals surface area contributed by atoms with Gasteiger partial charge in [0.25, 0.3) is 5.71 Å². The van der Waals surface area contributed by atoms with E-state index in [0.717, 1.165) is 50.3 Å². The largest absolute Gasteiger partial charge is 0.355 e. The molecule has 0 spiro atoms. The molecule has 162 valence electrons. The smallest absolute Gasteiger partial charge is 0.263 e. The highest BCUT2D eigenvalue weighted by molar-refractivity contribution is 5.98. The summed E-state index contributed by atoms with van der Waals surface area (Å²) in [5.41, 5.74) is 1.72. The molecule has 2 aromatic heterocycles. The maximum absolute atomic E-state index is 13.4. The highest BCUT2D eigenvalue weighted by atomic mass is 19.1. The number of fused-ring (bicyclic) bond motifs is 1. The van der Waals surface area contributed by atoms with Crippen molar-refractivity contribution >= 4 is 22.8 Å². The van der Waals surface area contributed by atoms with Crippen LogP contribution in [0, 0.1) is 17.7 Å². The molecule has 2 aliphatic rings. The monoisotopic (exact) mass is 423 g/mol. The average molecular weight is 423 g/mol. The molecule has 2 atom stereocenters. The van der Waals surface area contributed by atoms with Crippen LogP contribution in [0.15, 0.2) is 35.1 Å². The minimum absolute atomic E-state index is 0.0433. The van der Waals surface area contributed by atoms with Crippen molar-refractivity contribution in [1.29, 1.82) is 0 Å². The first-order valence-corrected chi connectivity index (χ1v) is 11.0. The Morgan fingerprint density at radius 3 is 2.71 bits per heavy atom. The van der Waals surface area contributed by atoms with E-state index in [1.165, 1.54) is 24.9 Å². The fourth-order valence-electron chi connectivity index (χ4n) is 4.84. The maximum atomic E-state index is 13.4. The lowest BCUT2D eigenvalue weighted by molar-refractivity contribution is -0.137. The first kappa shape index (κ1) is 19.9. The third-order valence-corrected chi connectivity index (χ3v) is 6.41. The lowest BCUT2D eigenvalue weighted by Crippen LogP contribution is -2.48. The Morgan fingerprint density at radius 1 is 1.10 bits per heavy atom. The van der Waals surface area contributed by atoms with Gasteiger partial charge < -0.3 is 14.3 Å². The molecule has 2 fully saturated rings. The number of hydrogen-bond donors (Lipinski definition) is 0. The molecule has 2 aliphatic heterocycles. The Hall–Kier alpha value is -3.03. The van der Waals surface area contributed by atoms with Crippen molar-refractivity contribution in [2.75, 3.05) is 31.1 Å². The molecular formula is C23H26FN5O2. The predicted octanol–water partition coefficient (Wildman–Crippen LogP) is 3.90. The van der Waals surface area contributed by atoms with Crippen LogP contribution in [-0.4, -0.2) is 52.1 Å². The summed E-state index contributed by atoms with van der Waals surface area (Å²) in [5, 5.41) is 4.89. The lowest BCUT2D eigenvalue weighted by atomic mass is 9.93. The number of anilines is 1. The molecule has 0 bridgehead atoms. The van der Waals surface area contributed by atoms with E-state index in [2.05, 4.69) is 26.9 Å². The molecule has 4 heterocycles. The molecule has 31 heavy (non-hydrogen) atoms. The van der Waals surface area contributed by atoms with Crippen LogP contribution < -0.4 is 4.90 Å². The van der Waals surface area contributed by atoms with Crippen LogP contribution in [0.3, 0.4) is 0 Å². The second-order valence-corrected chi connectivity index (χ2v) is 8.73. The summed E-state index contributed by atoms with van der Waals surface area (Å²) in [6.45, 7) is 5.35. The van der Waals surface area contributed by atoms with Gasteiger partial charge in [0.1, 0.15) is 29.0 Å². The van der Waals surface area contributed by atoms with Gasteiger partial charge in [-0.05, 0) is 55.9 Å². The van der Waals surface area contributed by atoms with Crippen molar-refractivity contribution in [3.05, 3.63) is 36.4 Å². The molecule has 2 saturated heterocycles. The molecule has 8 heteroatoms. The Morgan fingerprint density at radius 2 is 1.90 bits per heavy atom. The Bertz CT molecular complexity index is 1080. The summed E-state index contributed by atoms with van der Waals surface area (Å²) in [4.78, 5) is 26.2. The number of likely N-dealkylation sites (tertiary alicyclic amines) is 1. The van der Waals surface area contributed by atoms with Crippen molar-refractivity contribution in [2.45, 2.75) is 32.6 Å². The van der Waals surface area contributed by atoms with Gasteiger partial charge in [0.2, 0.25) is 5.91 Å². The van der Waals surface area contributed by atoms with E-state index in [1.54, 1.807) is 12.1 Å². The number of benzene rings is 1. The normalized spacial score (nSPS) is 22.1. The van der Waals surface area contributed by atoms with Crippen LogP contribution in [0.25, 0.3) is 22.4 Å². The first-order valence-electron chi connectivity index (χ1n) is 11.0. The molecule has 0 N–H and O–H groups in total. The number of hydrogen-bond acceptors (Lipinski definition) is 6. The molecule has 0 aliphatic carbocycles. The minimum atomic E-state index is -0.308. The van der Waals surface area contributed by atoms with Gasteiger partial charge in [-0.3, -0.25) is 4.79 Å². The number of carbonyl (C=O) groups excluding carboxylic acids is 1. The van der Waals surface area contributed by atoms with E-state index in [-0.39, 0.29) is 17.6 Å². The van der Waals surface area contributed by atoms with Crippen molar-refractivity contribution in [1.82, 2.24) is 20.0 Å². The summed E-state index contributed by atoms with van der Waals surface area (Å²) in [5.74, 6) is 1.19. The van der Waals surface area contributed by atoms with E-state index in [0.29, 0.717) is 29.3 Å². The number of aromatic nitrogens is 3. The zero-order chi connectivity index (χ0) is 21.4. The highest BCUT2D eigenvalue weighted by Crippen LogP contribution is 2.35. The van der Waals surface area contributed by atoms with Gasteiger partial charge in [0, 0.05) is 31.7 Å². The van der Waals surface area contributed by atoms with Gasteiger partial charge >= 0.3 is 0 Å². The zero-order valence-corrected chi connectivity index (χ0v) is 17.6. The third-order valence-electron chi connectivity index (χ3n) is 6.41. The predicted molar refractivity (Wildman–Crippen MR) is 115 cm³/mol. The number of nitrogens with zero attached hydrogens (tertiary/aromatic N) is 5. The molecular weight excluding hydrogens is 397 g/mol. The lowest BCUT2D eigenvalue weighted by Gasteiger charge is -2.38. The first-order chi connectivity index (χ1) is 15.1. The summed E-state index contributed by atoms with van der Waals surface area (Å²) >= 11 is 0. The summed E-state index contributed by atoms with van der Waals surface area (Å²) in [6.07, 6.45) is 5.55. The Labute approximate surface area is 180 Å². The molecule has 0 unspecified atom stereocenters. The molecule has 5 rings (SSSR count). The fourth-order valence-corrected chi connectivity index (χ4v) is 4.84. The van der Waals surface area contributed by atoms with Gasteiger partial charge in [-0.15, -0.1) is 0 Å². The van der Waals surface area contributed by atoms with Crippen LogP contribution in [0.5, 0.6) is 0 Å². The van der Waals surface area contributed by atoms with E-state index in [1.807, 2.05) is 4.90 Å². The van der Waals surface area contributed by atoms with Crippen LogP contribution in [0.4, 0.5) is 10.2 Å². The summed E-state index contributed by atoms with van der Waals surface area (Å²) < 4.78 is 18.8. The number of halogens is 1. The SMILES string of the molecule is C[C@@H]1CCCN(C(=O)[C@@H]2CCCN(c3ncnc4onc(-c5ccc(F)cc5)c34)C2)C1. The fraction of sp³-hybridized carbons (Fsp3) is 0.478. The number of piperidine rings is 2. The number of rotatable bonds is 3. The average Bonchev–Trinajstić information content (AvgIpc) is 3.23. The maximum Gasteiger partial charge on any atom is 0.263 e. The van der Waals surface area contributed by atoms with Crippen molar-refractivity contribution in [3.8, 4) is 11.3 Å². The van der Waals surface area contributed by atoms with Crippen LogP contribution in [0.1, 0.15) is 32.6 Å². The van der Waals surface area contributed by atoms with Crippen LogP contribution >= 0.6 is 0 Å². The van der Waals surface area contributed by atoms with Crippen LogP contribution in [-0.2, 0) is 4.79 Å². The van der Waals surface area contributed by atoms with Gasteiger partial charge in [-0.25, -0.2) is 9.37 Å². The molecule has 7 nitrogen and oxygen atoms in total. The molecule has 0 saturated carbocycles. The van der Waals surface area contributed by atoms with E-state index >= 15 is 0 Å². The van der Waals surface area contributed by atoms with Gasteiger partial charge in [0.15, 0.2) is 0 Å². The quantitative estimate of drug-likeness (QED) is 0.636. The van der Waals surface area contributed by atoms with Crippen LogP contribution in [0.2, 0.25) is 0 Å². The molecule has 1 aromatic carbocycles. The second kappa shape index (κ2) is 8.24. The number of amides is 1. The van der Waals surface area contributed by atoms with Gasteiger partial charge in [0.05, 0.1) is 5.92 Å². The standard InChI is InChI=1S/C23H26FN5O2/c1-15-4-2-11-29(12-15)23(30)17-5-3-10-28(13-17)21-19-20(16-6-8-18(24)9-7-16)27-31-22(19)26-14-25-21/h6-9,14-15,17H,2-5,10-13H2,1H3/t15-,17-/m1/s1. The third kappa shape index (κ3) is 3.86. The van der Waals surface area contributed by atoms with Gasteiger partial charge in [-0.1, -0.05) is 12.1 Å². The topological polar surface area (TPSA) is 75.4 Å². The number of carbonyl (C=O) groups is 1. The van der Waals surface area contributed by atoms with E-state index in [9.17, 15) is 9.18 Å².